The molecule has 1 heteroatoms. The molecule has 0 aromatic rings. The minimum Gasteiger partial charge on any atom is -0.396 e. The summed E-state index contributed by atoms with van der Waals surface area (Å²) in [5.41, 5.74) is 2.81. The van der Waals surface area contributed by atoms with Gasteiger partial charge in [0.05, 0.1) is 0 Å². The first-order valence-corrected chi connectivity index (χ1v) is 5.48. The van der Waals surface area contributed by atoms with Gasteiger partial charge in [-0.25, -0.2) is 0 Å². The van der Waals surface area contributed by atoms with Crippen molar-refractivity contribution in [3.63, 3.8) is 0 Å². The van der Waals surface area contributed by atoms with Crippen LogP contribution in [0.3, 0.4) is 0 Å². The zero-order valence-electron chi connectivity index (χ0n) is 9.75. The maximum absolute atomic E-state index is 9.32. The fourth-order valence-electron chi connectivity index (χ4n) is 2.17. The molecule has 0 aromatic carbocycles. The number of aliphatic hydroxyl groups is 1. The van der Waals surface area contributed by atoms with Crippen molar-refractivity contribution in [2.24, 2.45) is 17.8 Å². The van der Waals surface area contributed by atoms with Crippen molar-refractivity contribution in [2.45, 2.75) is 34.1 Å². The normalized spacial score (nSPS) is 32.4. The Hall–Kier alpha value is -0.560. The van der Waals surface area contributed by atoms with Crippen molar-refractivity contribution in [1.29, 1.82) is 0 Å². The van der Waals surface area contributed by atoms with Gasteiger partial charge in [0.25, 0.3) is 0 Å². The van der Waals surface area contributed by atoms with E-state index >= 15 is 0 Å². The smallest absolute Gasteiger partial charge is 0.0468 e. The van der Waals surface area contributed by atoms with E-state index in [-0.39, 0.29) is 0 Å². The van der Waals surface area contributed by atoms with Gasteiger partial charge in [-0.15, -0.1) is 0 Å². The van der Waals surface area contributed by atoms with Crippen molar-refractivity contribution in [1.82, 2.24) is 0 Å². The molecule has 0 spiro atoms. The first kappa shape index (κ1) is 11.5. The predicted octanol–water partition coefficient (Wildman–Crippen LogP) is 3.16. The number of rotatable bonds is 2. The van der Waals surface area contributed by atoms with Crippen LogP contribution >= 0.6 is 0 Å². The topological polar surface area (TPSA) is 20.2 Å². The van der Waals surface area contributed by atoms with Crippen LogP contribution in [-0.2, 0) is 0 Å². The van der Waals surface area contributed by atoms with E-state index in [0.717, 1.165) is 6.42 Å². The van der Waals surface area contributed by atoms with Gasteiger partial charge in [-0.1, -0.05) is 30.2 Å². The molecule has 14 heavy (non-hydrogen) atoms. The average molecular weight is 194 g/mol. The summed E-state index contributed by atoms with van der Waals surface area (Å²) in [6.07, 6.45) is 5.71. The van der Waals surface area contributed by atoms with Crippen LogP contribution in [0.1, 0.15) is 34.1 Å². The van der Waals surface area contributed by atoms with E-state index in [4.69, 9.17) is 0 Å². The molecule has 3 atom stereocenters. The fraction of sp³-hybridized carbons (Fsp3) is 0.692. The average Bonchev–Trinajstić information content (AvgIpc) is 2.10. The summed E-state index contributed by atoms with van der Waals surface area (Å²) in [7, 11) is 0. The van der Waals surface area contributed by atoms with E-state index in [1.165, 1.54) is 11.1 Å². The van der Waals surface area contributed by atoms with Crippen molar-refractivity contribution in [2.75, 3.05) is 6.61 Å². The molecule has 0 aliphatic heterocycles. The van der Waals surface area contributed by atoms with Crippen LogP contribution in [0, 0.1) is 17.8 Å². The molecule has 1 N–H and O–H groups in total. The molecular formula is C13H22O. The molecule has 0 fully saturated rings. The highest BCUT2D eigenvalue weighted by Crippen LogP contribution is 2.33. The number of hydrogen-bond acceptors (Lipinski definition) is 1. The van der Waals surface area contributed by atoms with Gasteiger partial charge in [-0.2, -0.15) is 0 Å². The molecule has 0 radical (unpaired) electrons. The van der Waals surface area contributed by atoms with Crippen LogP contribution in [0.2, 0.25) is 0 Å². The monoisotopic (exact) mass is 194 g/mol. The van der Waals surface area contributed by atoms with Crippen LogP contribution in [-0.4, -0.2) is 11.7 Å². The first-order valence-electron chi connectivity index (χ1n) is 5.48. The molecule has 0 saturated heterocycles. The Morgan fingerprint density at radius 3 is 2.71 bits per heavy atom. The lowest BCUT2D eigenvalue weighted by Crippen LogP contribution is -2.23. The standard InChI is InChI=1S/C13H22O/c1-9(2)5-12-6-10(3)11(4)7-13(12)8-14/h5-6,11-14H,7-8H2,1-4H3. The Balaban J connectivity index is 2.85. The van der Waals surface area contributed by atoms with E-state index in [9.17, 15) is 5.11 Å². The molecule has 0 bridgehead atoms. The molecule has 1 nitrogen and oxygen atoms in total. The quantitative estimate of drug-likeness (QED) is 0.669. The minimum atomic E-state index is 0.308. The van der Waals surface area contributed by atoms with E-state index in [1.807, 2.05) is 0 Å². The lowest BCUT2D eigenvalue weighted by Gasteiger charge is -2.30. The van der Waals surface area contributed by atoms with Gasteiger partial charge in [0, 0.05) is 12.5 Å². The summed E-state index contributed by atoms with van der Waals surface area (Å²) in [5, 5.41) is 9.32. The molecule has 0 saturated carbocycles. The van der Waals surface area contributed by atoms with Crippen molar-refractivity contribution in [3.05, 3.63) is 23.3 Å². The van der Waals surface area contributed by atoms with Crippen molar-refractivity contribution >= 4 is 0 Å². The third-order valence-electron chi connectivity index (χ3n) is 3.19. The van der Waals surface area contributed by atoms with Crippen molar-refractivity contribution in [3.8, 4) is 0 Å². The molecular weight excluding hydrogens is 172 g/mol. The van der Waals surface area contributed by atoms with Gasteiger partial charge >= 0.3 is 0 Å². The van der Waals surface area contributed by atoms with E-state index in [1.54, 1.807) is 0 Å². The summed E-state index contributed by atoms with van der Waals surface area (Å²) < 4.78 is 0. The van der Waals surface area contributed by atoms with Gasteiger partial charge in [0.2, 0.25) is 0 Å². The molecule has 0 heterocycles. The SMILES string of the molecule is CC(C)=CC1C=C(C)C(C)CC1CO. The fourth-order valence-corrected chi connectivity index (χ4v) is 2.17. The van der Waals surface area contributed by atoms with Crippen LogP contribution in [0.4, 0.5) is 0 Å². The third kappa shape index (κ3) is 2.71. The molecule has 0 amide bonds. The Labute approximate surface area is 87.5 Å². The van der Waals surface area contributed by atoms with Crippen molar-refractivity contribution < 1.29 is 5.11 Å². The largest absolute Gasteiger partial charge is 0.396 e. The van der Waals surface area contributed by atoms with Gasteiger partial charge in [-0.3, -0.25) is 0 Å². The highest BCUT2D eigenvalue weighted by Gasteiger charge is 2.25. The Morgan fingerprint density at radius 1 is 1.57 bits per heavy atom. The summed E-state index contributed by atoms with van der Waals surface area (Å²) in [5.74, 6) is 1.50. The highest BCUT2D eigenvalue weighted by molar-refractivity contribution is 5.17. The number of allylic oxidation sites excluding steroid dienone is 4. The maximum Gasteiger partial charge on any atom is 0.0468 e. The maximum atomic E-state index is 9.32. The van der Waals surface area contributed by atoms with E-state index < -0.39 is 0 Å². The molecule has 0 aromatic heterocycles. The van der Waals surface area contributed by atoms with Gasteiger partial charge < -0.3 is 5.11 Å². The summed E-state index contributed by atoms with van der Waals surface area (Å²) in [4.78, 5) is 0. The van der Waals surface area contributed by atoms with Gasteiger partial charge in [-0.05, 0) is 39.0 Å². The molecule has 1 aliphatic rings. The Morgan fingerprint density at radius 2 is 2.21 bits per heavy atom. The zero-order valence-corrected chi connectivity index (χ0v) is 9.75. The van der Waals surface area contributed by atoms with E-state index in [2.05, 4.69) is 39.8 Å². The van der Waals surface area contributed by atoms with E-state index in [0.29, 0.717) is 24.4 Å². The Kier molecular flexibility index (Phi) is 3.94. The van der Waals surface area contributed by atoms with Crippen LogP contribution in [0.15, 0.2) is 23.3 Å². The summed E-state index contributed by atoms with van der Waals surface area (Å²) >= 11 is 0. The highest BCUT2D eigenvalue weighted by atomic mass is 16.3. The Bertz CT molecular complexity index is 246. The molecule has 1 aliphatic carbocycles. The number of hydrogen-bond donors (Lipinski definition) is 1. The predicted molar refractivity (Wildman–Crippen MR) is 61.0 cm³/mol. The molecule has 3 unspecified atom stereocenters. The second-order valence-corrected chi connectivity index (χ2v) is 4.81. The lowest BCUT2D eigenvalue weighted by molar-refractivity contribution is 0.181. The summed E-state index contributed by atoms with van der Waals surface area (Å²) in [6, 6.07) is 0. The third-order valence-corrected chi connectivity index (χ3v) is 3.19. The van der Waals surface area contributed by atoms with Crippen LogP contribution in [0.25, 0.3) is 0 Å². The second-order valence-electron chi connectivity index (χ2n) is 4.81. The van der Waals surface area contributed by atoms with Gasteiger partial charge in [0.1, 0.15) is 0 Å². The lowest BCUT2D eigenvalue weighted by atomic mass is 9.76. The van der Waals surface area contributed by atoms with Crippen LogP contribution < -0.4 is 0 Å². The first-order chi connectivity index (χ1) is 6.54. The minimum absolute atomic E-state index is 0.308. The number of aliphatic hydroxyl groups excluding tert-OH is 1. The summed E-state index contributed by atoms with van der Waals surface area (Å²) in [6.45, 7) is 8.99. The second kappa shape index (κ2) is 4.79. The molecule has 1 rings (SSSR count). The van der Waals surface area contributed by atoms with Crippen LogP contribution in [0.5, 0.6) is 0 Å². The van der Waals surface area contributed by atoms with Gasteiger partial charge in [0.15, 0.2) is 0 Å². The molecule has 80 valence electrons. The zero-order chi connectivity index (χ0) is 10.7.